The Morgan fingerprint density at radius 1 is 1.17 bits per heavy atom. The molecule has 1 aliphatic rings. The van der Waals surface area contributed by atoms with Crippen LogP contribution in [0.2, 0.25) is 0 Å². The molecule has 0 spiro atoms. The van der Waals surface area contributed by atoms with Crippen molar-refractivity contribution < 1.29 is 14.3 Å². The molecule has 0 aliphatic carbocycles. The number of amides is 1. The molecule has 126 valence electrons. The zero-order chi connectivity index (χ0) is 17.2. The van der Waals surface area contributed by atoms with Crippen LogP contribution in [0, 0.1) is 13.8 Å². The highest BCUT2D eigenvalue weighted by Gasteiger charge is 2.36. The van der Waals surface area contributed by atoms with Crippen LogP contribution in [0.25, 0.3) is 0 Å². The maximum atomic E-state index is 12.7. The monoisotopic (exact) mass is 317 g/mol. The predicted molar refractivity (Wildman–Crippen MR) is 90.6 cm³/mol. The van der Waals surface area contributed by atoms with E-state index in [9.17, 15) is 9.59 Å². The van der Waals surface area contributed by atoms with E-state index >= 15 is 0 Å². The van der Waals surface area contributed by atoms with Crippen LogP contribution in [-0.4, -0.2) is 35.0 Å². The summed E-state index contributed by atoms with van der Waals surface area (Å²) in [5.74, 6) is 0.0957. The molecule has 0 saturated carbocycles. The largest absolute Gasteiger partial charge is 0.444 e. The van der Waals surface area contributed by atoms with Gasteiger partial charge in [-0.05, 0) is 53.0 Å². The van der Waals surface area contributed by atoms with Crippen LogP contribution in [0.5, 0.6) is 0 Å². The lowest BCUT2D eigenvalue weighted by atomic mass is 9.99. The molecule has 1 aliphatic heterocycles. The molecule has 1 aromatic rings. The van der Waals surface area contributed by atoms with Gasteiger partial charge in [-0.1, -0.05) is 29.3 Å². The zero-order valence-electron chi connectivity index (χ0n) is 14.8. The van der Waals surface area contributed by atoms with Crippen LogP contribution in [0.15, 0.2) is 18.2 Å². The summed E-state index contributed by atoms with van der Waals surface area (Å²) in [5, 5.41) is 0. The minimum Gasteiger partial charge on any atom is -0.444 e. The molecule has 1 fully saturated rings. The van der Waals surface area contributed by atoms with Crippen molar-refractivity contribution >= 4 is 11.9 Å². The molecule has 0 aromatic heterocycles. The first-order valence-corrected chi connectivity index (χ1v) is 8.25. The quantitative estimate of drug-likeness (QED) is 0.851. The number of likely N-dealkylation sites (tertiary alicyclic amines) is 1. The van der Waals surface area contributed by atoms with Gasteiger partial charge in [0.25, 0.3) is 0 Å². The summed E-state index contributed by atoms with van der Waals surface area (Å²) in [7, 11) is 0. The fraction of sp³-hybridized carbons (Fsp3) is 0.579. The average molecular weight is 317 g/mol. The topological polar surface area (TPSA) is 46.6 Å². The molecule has 1 atom stereocenters. The highest BCUT2D eigenvalue weighted by Crippen LogP contribution is 2.23. The first-order valence-electron chi connectivity index (χ1n) is 8.25. The van der Waals surface area contributed by atoms with Gasteiger partial charge in [0.1, 0.15) is 5.60 Å². The number of hydrogen-bond acceptors (Lipinski definition) is 3. The number of hydrogen-bond donors (Lipinski definition) is 0. The van der Waals surface area contributed by atoms with Crippen molar-refractivity contribution in [2.45, 2.75) is 65.5 Å². The minimum absolute atomic E-state index is 0.0957. The van der Waals surface area contributed by atoms with Crippen LogP contribution in [0.3, 0.4) is 0 Å². The summed E-state index contributed by atoms with van der Waals surface area (Å²) in [6.07, 6.45) is 1.56. The fourth-order valence-corrected chi connectivity index (χ4v) is 3.13. The molecule has 0 radical (unpaired) electrons. The van der Waals surface area contributed by atoms with Gasteiger partial charge in [-0.2, -0.15) is 0 Å². The number of carbonyl (C=O) groups excluding carboxylic acids is 2. The van der Waals surface area contributed by atoms with Gasteiger partial charge in [-0.25, -0.2) is 4.79 Å². The second-order valence-corrected chi connectivity index (χ2v) is 7.47. The van der Waals surface area contributed by atoms with Crippen molar-refractivity contribution in [2.75, 3.05) is 6.54 Å². The number of ether oxygens (including phenoxy) is 1. The lowest BCUT2D eigenvalue weighted by molar-refractivity contribution is -0.122. The van der Waals surface area contributed by atoms with Crippen molar-refractivity contribution in [1.82, 2.24) is 4.90 Å². The maximum Gasteiger partial charge on any atom is 0.410 e. The van der Waals surface area contributed by atoms with Crippen molar-refractivity contribution in [3.05, 3.63) is 34.9 Å². The summed E-state index contributed by atoms with van der Waals surface area (Å²) in [4.78, 5) is 26.5. The van der Waals surface area contributed by atoms with E-state index in [0.717, 1.165) is 29.5 Å². The van der Waals surface area contributed by atoms with E-state index in [0.29, 0.717) is 13.0 Å². The Kier molecular flexibility index (Phi) is 5.12. The van der Waals surface area contributed by atoms with E-state index in [1.807, 2.05) is 46.8 Å². The average Bonchev–Trinajstić information content (AvgIpc) is 2.84. The van der Waals surface area contributed by atoms with E-state index in [1.54, 1.807) is 4.90 Å². The first kappa shape index (κ1) is 17.5. The number of benzene rings is 1. The second-order valence-electron chi connectivity index (χ2n) is 7.47. The van der Waals surface area contributed by atoms with Crippen molar-refractivity contribution in [3.63, 3.8) is 0 Å². The molecule has 1 aromatic carbocycles. The summed E-state index contributed by atoms with van der Waals surface area (Å²) in [6.45, 7) is 10.2. The number of rotatable bonds is 3. The number of nitrogens with zero attached hydrogens (tertiary/aromatic N) is 1. The molecule has 0 bridgehead atoms. The molecule has 1 saturated heterocycles. The van der Waals surface area contributed by atoms with Gasteiger partial charge in [0.05, 0.1) is 6.04 Å². The van der Waals surface area contributed by atoms with Crippen LogP contribution in [-0.2, 0) is 16.0 Å². The van der Waals surface area contributed by atoms with Crippen molar-refractivity contribution in [3.8, 4) is 0 Å². The number of ketones is 1. The Bertz CT molecular complexity index is 581. The van der Waals surface area contributed by atoms with E-state index in [-0.39, 0.29) is 17.9 Å². The van der Waals surface area contributed by atoms with Gasteiger partial charge in [0, 0.05) is 13.0 Å². The van der Waals surface area contributed by atoms with E-state index in [1.165, 1.54) is 0 Å². The maximum absolute atomic E-state index is 12.7. The van der Waals surface area contributed by atoms with Crippen LogP contribution >= 0.6 is 0 Å². The molecule has 0 N–H and O–H groups in total. The third-order valence-electron chi connectivity index (χ3n) is 3.91. The normalized spacial score (nSPS) is 18.1. The Morgan fingerprint density at radius 3 is 2.35 bits per heavy atom. The van der Waals surface area contributed by atoms with Gasteiger partial charge < -0.3 is 4.74 Å². The fourth-order valence-electron chi connectivity index (χ4n) is 3.13. The molecular formula is C19H27NO3. The molecule has 1 amide bonds. The van der Waals surface area contributed by atoms with Gasteiger partial charge in [-0.3, -0.25) is 9.69 Å². The lowest BCUT2D eigenvalue weighted by Crippen LogP contribution is -2.43. The van der Waals surface area contributed by atoms with Gasteiger partial charge >= 0.3 is 6.09 Å². The number of aryl methyl sites for hydroxylation is 2. The summed E-state index contributed by atoms with van der Waals surface area (Å²) < 4.78 is 5.43. The Labute approximate surface area is 138 Å². The molecule has 0 unspecified atom stereocenters. The molecule has 2 rings (SSSR count). The summed E-state index contributed by atoms with van der Waals surface area (Å²) in [5.41, 5.74) is 2.79. The van der Waals surface area contributed by atoms with Crippen LogP contribution in [0.4, 0.5) is 4.79 Å². The van der Waals surface area contributed by atoms with Crippen molar-refractivity contribution in [2.24, 2.45) is 0 Å². The lowest BCUT2D eigenvalue weighted by Gasteiger charge is -2.28. The van der Waals surface area contributed by atoms with Crippen LogP contribution < -0.4 is 0 Å². The molecular weight excluding hydrogens is 290 g/mol. The first-order chi connectivity index (χ1) is 10.7. The molecule has 4 nitrogen and oxygen atoms in total. The third kappa shape index (κ3) is 4.81. The van der Waals surface area contributed by atoms with E-state index in [2.05, 4.69) is 6.07 Å². The standard InChI is InChI=1S/C19H27NO3/c1-13-9-14(2)11-15(10-13)12-17(21)16-7-6-8-20(16)18(22)23-19(3,4)5/h9-11,16H,6-8,12H2,1-5H3/t16-/m0/s1. The van der Waals surface area contributed by atoms with E-state index < -0.39 is 5.60 Å². The smallest absolute Gasteiger partial charge is 0.410 e. The SMILES string of the molecule is Cc1cc(C)cc(CC(=O)[C@@H]2CCCN2C(=O)OC(C)(C)C)c1. The third-order valence-corrected chi connectivity index (χ3v) is 3.91. The zero-order valence-corrected chi connectivity index (χ0v) is 14.8. The number of carbonyl (C=O) groups is 2. The van der Waals surface area contributed by atoms with E-state index in [4.69, 9.17) is 4.74 Å². The highest BCUT2D eigenvalue weighted by molar-refractivity contribution is 5.89. The highest BCUT2D eigenvalue weighted by atomic mass is 16.6. The molecule has 23 heavy (non-hydrogen) atoms. The van der Waals surface area contributed by atoms with Crippen molar-refractivity contribution in [1.29, 1.82) is 0 Å². The summed E-state index contributed by atoms with van der Waals surface area (Å²) in [6, 6.07) is 5.82. The van der Waals surface area contributed by atoms with Gasteiger partial charge in [0.2, 0.25) is 0 Å². The van der Waals surface area contributed by atoms with Crippen LogP contribution in [0.1, 0.15) is 50.3 Å². The Hall–Kier alpha value is -1.84. The van der Waals surface area contributed by atoms with Gasteiger partial charge in [-0.15, -0.1) is 0 Å². The minimum atomic E-state index is -0.541. The second kappa shape index (κ2) is 6.73. The predicted octanol–water partition coefficient (Wildman–Crippen LogP) is 3.81. The Morgan fingerprint density at radius 2 is 1.78 bits per heavy atom. The van der Waals surface area contributed by atoms with Gasteiger partial charge in [0.15, 0.2) is 5.78 Å². The molecule has 4 heteroatoms. The summed E-state index contributed by atoms with van der Waals surface area (Å²) >= 11 is 0. The number of Topliss-reactive ketones (excluding diaryl/α,β-unsaturated/α-hetero) is 1. The Balaban J connectivity index is 2.07. The molecule has 1 heterocycles.